The van der Waals surface area contributed by atoms with Crippen molar-refractivity contribution in [2.24, 2.45) is 0 Å². The zero-order chi connectivity index (χ0) is 20.8. The van der Waals surface area contributed by atoms with Crippen LogP contribution in [0.1, 0.15) is 40.0 Å². The van der Waals surface area contributed by atoms with E-state index in [2.05, 4.69) is 59.1 Å². The Labute approximate surface area is 171 Å². The molecule has 0 bridgehead atoms. The van der Waals surface area contributed by atoms with Gasteiger partial charge in [-0.2, -0.15) is 10.4 Å². The summed E-state index contributed by atoms with van der Waals surface area (Å²) in [5.74, 6) is -0.423. The predicted octanol–water partition coefficient (Wildman–Crippen LogP) is 2.88. The molecule has 7 heteroatoms. The number of fused-ring (bicyclic) bond motifs is 1. The molecule has 3 aromatic rings. The summed E-state index contributed by atoms with van der Waals surface area (Å²) >= 11 is 0. The lowest BCUT2D eigenvalue weighted by Crippen LogP contribution is -2.19. The fraction of sp³-hybridized carbons (Fsp3) is 0.364. The number of hydrogen-bond donors (Lipinski definition) is 1. The van der Waals surface area contributed by atoms with Crippen molar-refractivity contribution in [1.29, 1.82) is 5.26 Å². The van der Waals surface area contributed by atoms with Gasteiger partial charge >= 0.3 is 0 Å². The highest BCUT2D eigenvalue weighted by atomic mass is 16.1. The van der Waals surface area contributed by atoms with Crippen LogP contribution in [0.3, 0.4) is 0 Å². The van der Waals surface area contributed by atoms with Gasteiger partial charge in [0.2, 0.25) is 0 Å². The fourth-order valence-electron chi connectivity index (χ4n) is 3.44. The Bertz CT molecular complexity index is 1050. The Kier molecular flexibility index (Phi) is 6.57. The van der Waals surface area contributed by atoms with Crippen molar-refractivity contribution in [3.63, 3.8) is 0 Å². The van der Waals surface area contributed by atoms with E-state index in [-0.39, 0.29) is 0 Å². The Morgan fingerprint density at radius 2 is 2.10 bits per heavy atom. The maximum absolute atomic E-state index is 12.2. The monoisotopic (exact) mass is 390 g/mol. The molecule has 7 nitrogen and oxygen atoms in total. The van der Waals surface area contributed by atoms with Gasteiger partial charge < -0.3 is 4.90 Å². The molecule has 1 aromatic carbocycles. The first kappa shape index (κ1) is 20.5. The van der Waals surface area contributed by atoms with Crippen molar-refractivity contribution >= 4 is 16.8 Å². The third-order valence-corrected chi connectivity index (χ3v) is 4.88. The molecule has 0 aliphatic heterocycles. The molecule has 0 spiro atoms. The molecule has 0 unspecified atom stereocenters. The lowest BCUT2D eigenvalue weighted by Gasteiger charge is -2.09. The van der Waals surface area contributed by atoms with Crippen molar-refractivity contribution in [3.05, 3.63) is 59.0 Å². The van der Waals surface area contributed by atoms with E-state index >= 15 is 0 Å². The van der Waals surface area contributed by atoms with Crippen LogP contribution in [0.2, 0.25) is 0 Å². The van der Waals surface area contributed by atoms with Crippen LogP contribution in [0.25, 0.3) is 10.9 Å². The normalized spacial score (nSPS) is 11.0. The second kappa shape index (κ2) is 9.30. The number of nitriles is 1. The van der Waals surface area contributed by atoms with Crippen LogP contribution in [-0.4, -0.2) is 46.2 Å². The van der Waals surface area contributed by atoms with E-state index in [1.807, 2.05) is 0 Å². The number of nitrogens with one attached hydrogen (secondary N) is 1. The first-order valence-corrected chi connectivity index (χ1v) is 9.72. The molecule has 0 saturated heterocycles. The number of benzene rings is 1. The zero-order valence-corrected chi connectivity index (χ0v) is 17.1. The Morgan fingerprint density at radius 3 is 2.86 bits per heavy atom. The number of unbranched alkanes of at least 4 members (excludes halogenated alkanes) is 1. The SMILES string of the molecule is Cc1ccc2c(c1)c(Cc1cnccc1C(=O)NC#N)nn2CCCCN(C)C. The van der Waals surface area contributed by atoms with E-state index in [1.165, 1.54) is 5.56 Å². The van der Waals surface area contributed by atoms with E-state index in [1.54, 1.807) is 24.7 Å². The zero-order valence-electron chi connectivity index (χ0n) is 17.1. The van der Waals surface area contributed by atoms with Crippen molar-refractivity contribution < 1.29 is 4.79 Å². The minimum Gasteiger partial charge on any atom is -0.309 e. The van der Waals surface area contributed by atoms with Crippen LogP contribution >= 0.6 is 0 Å². The highest BCUT2D eigenvalue weighted by Crippen LogP contribution is 2.24. The third kappa shape index (κ3) is 4.98. The quantitative estimate of drug-likeness (QED) is 0.363. The number of amides is 1. The first-order valence-electron chi connectivity index (χ1n) is 9.72. The third-order valence-electron chi connectivity index (χ3n) is 4.88. The summed E-state index contributed by atoms with van der Waals surface area (Å²) in [6, 6.07) is 7.98. The Morgan fingerprint density at radius 1 is 1.28 bits per heavy atom. The van der Waals surface area contributed by atoms with E-state index in [0.717, 1.165) is 48.1 Å². The van der Waals surface area contributed by atoms with Gasteiger partial charge in [-0.05, 0) is 64.2 Å². The van der Waals surface area contributed by atoms with E-state index < -0.39 is 5.91 Å². The van der Waals surface area contributed by atoms with Gasteiger partial charge in [0.05, 0.1) is 11.2 Å². The highest BCUT2D eigenvalue weighted by molar-refractivity contribution is 5.96. The van der Waals surface area contributed by atoms with Crippen LogP contribution in [0, 0.1) is 18.4 Å². The van der Waals surface area contributed by atoms with Gasteiger partial charge in [-0.3, -0.25) is 19.8 Å². The van der Waals surface area contributed by atoms with Crippen molar-refractivity contribution in [2.75, 3.05) is 20.6 Å². The summed E-state index contributed by atoms with van der Waals surface area (Å²) < 4.78 is 2.06. The minimum atomic E-state index is -0.423. The smallest absolute Gasteiger partial charge is 0.264 e. The molecule has 150 valence electrons. The van der Waals surface area contributed by atoms with Crippen LogP contribution in [0.4, 0.5) is 0 Å². The van der Waals surface area contributed by atoms with Gasteiger partial charge in [0, 0.05) is 36.3 Å². The number of nitrogens with zero attached hydrogens (tertiary/aromatic N) is 5. The molecule has 2 aromatic heterocycles. The van der Waals surface area contributed by atoms with Crippen LogP contribution in [0.15, 0.2) is 36.7 Å². The predicted molar refractivity (Wildman–Crippen MR) is 112 cm³/mol. The van der Waals surface area contributed by atoms with Gasteiger partial charge in [-0.1, -0.05) is 11.6 Å². The second-order valence-electron chi connectivity index (χ2n) is 7.48. The van der Waals surface area contributed by atoms with Crippen LogP contribution in [-0.2, 0) is 13.0 Å². The van der Waals surface area contributed by atoms with Gasteiger partial charge in [-0.25, -0.2) is 0 Å². The number of carbonyl (C=O) groups is 1. The number of carbonyl (C=O) groups excluding carboxylic acids is 1. The number of pyridine rings is 1. The lowest BCUT2D eigenvalue weighted by molar-refractivity contribution is 0.0972. The lowest BCUT2D eigenvalue weighted by atomic mass is 10.0. The molecule has 1 amide bonds. The van der Waals surface area contributed by atoms with E-state index in [0.29, 0.717) is 12.0 Å². The van der Waals surface area contributed by atoms with Gasteiger partial charge in [0.1, 0.15) is 0 Å². The van der Waals surface area contributed by atoms with Crippen LogP contribution < -0.4 is 5.32 Å². The first-order chi connectivity index (χ1) is 14.0. The molecule has 29 heavy (non-hydrogen) atoms. The number of aryl methyl sites for hydroxylation is 2. The molecule has 0 radical (unpaired) electrons. The van der Waals surface area contributed by atoms with E-state index in [4.69, 9.17) is 10.4 Å². The molecule has 1 N–H and O–H groups in total. The molecule has 0 aliphatic rings. The summed E-state index contributed by atoms with van der Waals surface area (Å²) in [5.41, 5.74) is 4.38. The maximum Gasteiger partial charge on any atom is 0.264 e. The maximum atomic E-state index is 12.2. The topological polar surface area (TPSA) is 86.8 Å². The van der Waals surface area contributed by atoms with Crippen molar-refractivity contribution in [3.8, 4) is 6.19 Å². The summed E-state index contributed by atoms with van der Waals surface area (Å²) in [4.78, 5) is 18.6. The summed E-state index contributed by atoms with van der Waals surface area (Å²) in [5, 5.41) is 16.9. The average Bonchev–Trinajstić information content (AvgIpc) is 3.02. The summed E-state index contributed by atoms with van der Waals surface area (Å²) in [7, 11) is 4.16. The Hall–Kier alpha value is -3.24. The van der Waals surface area contributed by atoms with Crippen LogP contribution in [0.5, 0.6) is 0 Å². The van der Waals surface area contributed by atoms with Gasteiger partial charge in [0.25, 0.3) is 5.91 Å². The van der Waals surface area contributed by atoms with Crippen molar-refractivity contribution in [2.45, 2.75) is 32.7 Å². The molecule has 0 saturated carbocycles. The largest absolute Gasteiger partial charge is 0.309 e. The average molecular weight is 390 g/mol. The van der Waals surface area contributed by atoms with Crippen molar-refractivity contribution in [1.82, 2.24) is 25.0 Å². The van der Waals surface area contributed by atoms with E-state index in [9.17, 15) is 4.79 Å². The number of hydrogen-bond acceptors (Lipinski definition) is 5. The summed E-state index contributed by atoms with van der Waals surface area (Å²) in [6.07, 6.45) is 7.55. The number of aromatic nitrogens is 3. The molecule has 3 rings (SSSR count). The number of rotatable bonds is 8. The minimum absolute atomic E-state index is 0.423. The molecule has 2 heterocycles. The fourth-order valence-corrected chi connectivity index (χ4v) is 3.44. The highest BCUT2D eigenvalue weighted by Gasteiger charge is 2.16. The molecule has 0 aliphatic carbocycles. The Balaban J connectivity index is 1.91. The second-order valence-corrected chi connectivity index (χ2v) is 7.48. The molecule has 0 atom stereocenters. The standard InChI is InChI=1S/C22H26N6O/c1-16-6-7-21-19(12-16)20(26-28(21)11-5-4-10-27(2)3)13-17-14-24-9-8-18(17)22(29)25-15-23/h6-9,12,14H,4-5,10-11,13H2,1-3H3,(H,25,29). The summed E-state index contributed by atoms with van der Waals surface area (Å²) in [6.45, 7) is 3.97. The molecular formula is C22H26N6O. The molecular weight excluding hydrogens is 364 g/mol. The van der Waals surface area contributed by atoms with Gasteiger partial charge in [-0.15, -0.1) is 0 Å². The molecule has 0 fully saturated rings. The van der Waals surface area contributed by atoms with Gasteiger partial charge in [0.15, 0.2) is 6.19 Å².